The molecule has 2 aromatic rings. The van der Waals surface area contributed by atoms with Gasteiger partial charge in [0.2, 0.25) is 5.91 Å². The van der Waals surface area contributed by atoms with Crippen molar-refractivity contribution in [2.24, 2.45) is 0 Å². The van der Waals surface area contributed by atoms with Gasteiger partial charge in [0.25, 0.3) is 0 Å². The van der Waals surface area contributed by atoms with Crippen LogP contribution in [-0.4, -0.2) is 40.9 Å². The Morgan fingerprint density at radius 3 is 2.38 bits per heavy atom. The van der Waals surface area contributed by atoms with E-state index in [4.69, 9.17) is 32.7 Å². The van der Waals surface area contributed by atoms with Gasteiger partial charge in [0.15, 0.2) is 11.5 Å². The van der Waals surface area contributed by atoms with Gasteiger partial charge in [0.1, 0.15) is 12.1 Å². The highest BCUT2D eigenvalue weighted by Crippen LogP contribution is 2.30. The molecule has 0 saturated heterocycles. The summed E-state index contributed by atoms with van der Waals surface area (Å²) in [5.41, 5.74) is 0.844. The quantitative estimate of drug-likeness (QED) is 0.477. The number of hydrogen-bond donors (Lipinski definition) is 2. The highest BCUT2D eigenvalue weighted by molar-refractivity contribution is 7.97. The van der Waals surface area contributed by atoms with E-state index in [1.165, 1.54) is 6.26 Å². The summed E-state index contributed by atoms with van der Waals surface area (Å²) in [4.78, 5) is 12.6. The Hall–Kier alpha value is -1.93. The number of halogens is 2. The highest BCUT2D eigenvalue weighted by Gasteiger charge is 2.29. The van der Waals surface area contributed by atoms with Crippen molar-refractivity contribution in [1.29, 1.82) is 0 Å². The topological polar surface area (TPSA) is 76.7 Å². The van der Waals surface area contributed by atoms with Gasteiger partial charge in [-0.25, -0.2) is 4.72 Å². The molecule has 0 radical (unpaired) electrons. The minimum atomic E-state index is -2.52. The minimum absolute atomic E-state index is 0.158. The molecule has 6 nitrogen and oxygen atoms in total. The molecule has 2 unspecified atom stereocenters. The Morgan fingerprint density at radius 1 is 1.12 bits per heavy atom. The van der Waals surface area contributed by atoms with Crippen molar-refractivity contribution in [3.8, 4) is 11.5 Å². The summed E-state index contributed by atoms with van der Waals surface area (Å²) < 4.78 is 26.1. The van der Waals surface area contributed by atoms with Crippen LogP contribution in [0.5, 0.6) is 11.5 Å². The molecule has 0 saturated carbocycles. The summed E-state index contributed by atoms with van der Waals surface area (Å²) in [5, 5.41) is 3.92. The van der Waals surface area contributed by atoms with Gasteiger partial charge in [-0.05, 0) is 68.5 Å². The predicted molar refractivity (Wildman–Crippen MR) is 133 cm³/mol. The maximum Gasteiger partial charge on any atom is 0.240 e. The number of methoxy groups -OCH3 is 1. The summed E-state index contributed by atoms with van der Waals surface area (Å²) in [6.07, 6.45) is 2.04. The highest BCUT2D eigenvalue weighted by atomic mass is 35.5. The largest absolute Gasteiger partial charge is 0.493 e. The Kier molecular flexibility index (Phi) is 8.88. The molecule has 0 aliphatic heterocycles. The van der Waals surface area contributed by atoms with E-state index < -0.39 is 15.2 Å². The first-order valence-electron chi connectivity index (χ1n) is 9.96. The SMILES string of the molecule is C=S(C)(=O)NC(C)(C)C(=O)NC(C)Cc1ccc(OCc2ccc(Cl)c(Cl)c2)c(OC)c1. The molecule has 2 aromatic carbocycles. The molecule has 2 N–H and O–H groups in total. The van der Waals surface area contributed by atoms with Crippen molar-refractivity contribution in [3.05, 3.63) is 57.6 Å². The Labute approximate surface area is 200 Å². The molecule has 2 rings (SSSR count). The predicted octanol–water partition coefficient (Wildman–Crippen LogP) is 4.26. The first-order valence-corrected chi connectivity index (χ1v) is 12.9. The number of carbonyl (C=O) groups excluding carboxylic acids is 1. The minimum Gasteiger partial charge on any atom is -0.493 e. The van der Waals surface area contributed by atoms with Gasteiger partial charge in [0, 0.05) is 22.0 Å². The number of ether oxygens (including phenoxy) is 2. The molecule has 0 aromatic heterocycles. The lowest BCUT2D eigenvalue weighted by Gasteiger charge is -2.28. The lowest BCUT2D eigenvalue weighted by atomic mass is 10.0. The third-order valence-corrected chi connectivity index (χ3v) is 6.25. The smallest absolute Gasteiger partial charge is 0.240 e. The number of nitrogens with one attached hydrogen (secondary N) is 2. The molecular formula is C23H30Cl2N2O4S. The number of rotatable bonds is 10. The Bertz CT molecular complexity index is 1070. The summed E-state index contributed by atoms with van der Waals surface area (Å²) >= 11 is 12.0. The molecule has 0 aliphatic rings. The second-order valence-electron chi connectivity index (χ2n) is 8.33. The van der Waals surface area contributed by atoms with Crippen LogP contribution < -0.4 is 19.5 Å². The van der Waals surface area contributed by atoms with Gasteiger partial charge in [-0.1, -0.05) is 35.3 Å². The van der Waals surface area contributed by atoms with E-state index in [-0.39, 0.29) is 11.9 Å². The lowest BCUT2D eigenvalue weighted by Crippen LogP contribution is -2.56. The monoisotopic (exact) mass is 500 g/mol. The third kappa shape index (κ3) is 7.89. The van der Waals surface area contributed by atoms with Crippen LogP contribution in [0.3, 0.4) is 0 Å². The number of benzene rings is 2. The molecule has 1 amide bonds. The molecule has 9 heteroatoms. The van der Waals surface area contributed by atoms with E-state index in [9.17, 15) is 9.00 Å². The molecule has 2 atom stereocenters. The van der Waals surface area contributed by atoms with Crippen molar-refractivity contribution in [2.45, 2.75) is 45.4 Å². The van der Waals surface area contributed by atoms with Crippen molar-refractivity contribution in [2.75, 3.05) is 13.4 Å². The fourth-order valence-electron chi connectivity index (χ4n) is 3.14. The van der Waals surface area contributed by atoms with Gasteiger partial charge in [-0.15, -0.1) is 0 Å². The zero-order valence-corrected chi connectivity index (χ0v) is 21.3. The summed E-state index contributed by atoms with van der Waals surface area (Å²) in [7, 11) is -0.946. The van der Waals surface area contributed by atoms with Crippen LogP contribution in [0.1, 0.15) is 31.9 Å². The van der Waals surface area contributed by atoms with Crippen LogP contribution in [0.4, 0.5) is 0 Å². The molecule has 0 spiro atoms. The summed E-state index contributed by atoms with van der Waals surface area (Å²) in [6, 6.07) is 10.8. The lowest BCUT2D eigenvalue weighted by molar-refractivity contribution is -0.126. The van der Waals surface area contributed by atoms with Crippen molar-refractivity contribution < 1.29 is 18.5 Å². The molecule has 32 heavy (non-hydrogen) atoms. The molecule has 0 aliphatic carbocycles. The van der Waals surface area contributed by atoms with Crippen LogP contribution in [0.2, 0.25) is 10.0 Å². The standard InChI is InChI=1S/C23H30Cl2N2O4S/c1-15(26-22(28)23(2,3)27-32(5,6)29)11-16-8-10-20(21(13-16)30-4)31-14-17-7-9-18(24)19(25)12-17/h7-10,12-13,15H,5,11,14H2,1-4,6H3,(H,26,28)(H,27,29). The van der Waals surface area contributed by atoms with Crippen LogP contribution in [0.25, 0.3) is 0 Å². The second kappa shape index (κ2) is 10.8. The Balaban J connectivity index is 2.02. The maximum atomic E-state index is 12.6. The van der Waals surface area contributed by atoms with E-state index in [1.54, 1.807) is 33.1 Å². The zero-order chi connectivity index (χ0) is 24.1. The number of hydrogen-bond acceptors (Lipinski definition) is 4. The van der Waals surface area contributed by atoms with E-state index in [2.05, 4.69) is 15.9 Å². The van der Waals surface area contributed by atoms with Gasteiger partial charge in [-0.3, -0.25) is 9.00 Å². The molecule has 0 heterocycles. The Morgan fingerprint density at radius 2 is 1.78 bits per heavy atom. The van der Waals surface area contributed by atoms with Crippen LogP contribution in [0, 0.1) is 0 Å². The third-order valence-electron chi connectivity index (χ3n) is 4.56. The van der Waals surface area contributed by atoms with Gasteiger partial charge in [-0.2, -0.15) is 0 Å². The second-order valence-corrected chi connectivity index (χ2v) is 11.4. The van der Waals surface area contributed by atoms with Crippen LogP contribution in [0.15, 0.2) is 36.4 Å². The number of amides is 1. The number of carbonyl (C=O) groups is 1. The van der Waals surface area contributed by atoms with Gasteiger partial charge in [0.05, 0.1) is 17.2 Å². The van der Waals surface area contributed by atoms with Crippen LogP contribution >= 0.6 is 23.2 Å². The van der Waals surface area contributed by atoms with E-state index in [0.29, 0.717) is 34.6 Å². The average Bonchev–Trinajstić information content (AvgIpc) is 2.67. The van der Waals surface area contributed by atoms with Crippen molar-refractivity contribution in [1.82, 2.24) is 10.0 Å². The fourth-order valence-corrected chi connectivity index (χ4v) is 4.64. The first kappa shape index (κ1) is 26.3. The molecule has 176 valence electrons. The molecular weight excluding hydrogens is 471 g/mol. The zero-order valence-electron chi connectivity index (χ0n) is 19.0. The van der Waals surface area contributed by atoms with Crippen molar-refractivity contribution >= 4 is 44.7 Å². The molecule has 0 bridgehead atoms. The van der Waals surface area contributed by atoms with Crippen molar-refractivity contribution in [3.63, 3.8) is 0 Å². The molecule has 0 fully saturated rings. The van der Waals surface area contributed by atoms with Crippen LogP contribution in [-0.2, 0) is 27.5 Å². The fraction of sp³-hybridized carbons (Fsp3) is 0.391. The maximum absolute atomic E-state index is 12.6. The average molecular weight is 501 g/mol. The summed E-state index contributed by atoms with van der Waals surface area (Å²) in [6.45, 7) is 5.56. The van der Waals surface area contributed by atoms with E-state index >= 15 is 0 Å². The van der Waals surface area contributed by atoms with Gasteiger partial charge >= 0.3 is 0 Å². The van der Waals surface area contributed by atoms with E-state index in [1.807, 2.05) is 31.2 Å². The van der Waals surface area contributed by atoms with E-state index in [0.717, 1.165) is 11.1 Å². The first-order chi connectivity index (χ1) is 14.8. The summed E-state index contributed by atoms with van der Waals surface area (Å²) in [5.74, 6) is 4.48. The van der Waals surface area contributed by atoms with Gasteiger partial charge < -0.3 is 14.8 Å². The normalized spacial score (nSPS) is 14.3.